The molecular weight excluding hydrogens is 302 g/mol. The summed E-state index contributed by atoms with van der Waals surface area (Å²) in [5.74, 6) is 1.74. The van der Waals surface area contributed by atoms with E-state index in [9.17, 15) is 0 Å². The lowest BCUT2D eigenvalue weighted by atomic mass is 10.0. The zero-order valence-electron chi connectivity index (χ0n) is 15.1. The third-order valence-corrected chi connectivity index (χ3v) is 4.74. The first kappa shape index (κ1) is 16.7. The van der Waals surface area contributed by atoms with Crippen LogP contribution in [0.25, 0.3) is 0 Å². The molecule has 0 saturated carbocycles. The number of likely N-dealkylation sites (tertiary alicyclic amines) is 1. The maximum absolute atomic E-state index is 4.67. The molecule has 0 amide bonds. The highest BCUT2D eigenvalue weighted by Crippen LogP contribution is 2.21. The Hall–Kier alpha value is -2.15. The predicted molar refractivity (Wildman–Crippen MR) is 96.3 cm³/mol. The van der Waals surface area contributed by atoms with Crippen LogP contribution in [0.15, 0.2) is 24.5 Å². The lowest BCUT2D eigenvalue weighted by molar-refractivity contribution is 0.194. The van der Waals surface area contributed by atoms with E-state index in [2.05, 4.69) is 38.0 Å². The van der Waals surface area contributed by atoms with E-state index in [4.69, 9.17) is 0 Å². The highest BCUT2D eigenvalue weighted by molar-refractivity contribution is 5.42. The van der Waals surface area contributed by atoms with Gasteiger partial charge in [0.05, 0.1) is 5.69 Å². The van der Waals surface area contributed by atoms with Crippen molar-refractivity contribution in [1.29, 1.82) is 0 Å². The Labute approximate surface area is 143 Å². The van der Waals surface area contributed by atoms with E-state index in [1.165, 1.54) is 18.5 Å². The highest BCUT2D eigenvalue weighted by Gasteiger charge is 2.25. The van der Waals surface area contributed by atoms with Crippen molar-refractivity contribution in [3.05, 3.63) is 30.2 Å². The van der Waals surface area contributed by atoms with Gasteiger partial charge in [0.1, 0.15) is 5.82 Å². The van der Waals surface area contributed by atoms with Crippen LogP contribution >= 0.6 is 0 Å². The lowest BCUT2D eigenvalue weighted by Gasteiger charge is -2.37. The number of hydrogen-bond acceptors (Lipinski definition) is 6. The summed E-state index contributed by atoms with van der Waals surface area (Å²) in [6, 6.07) is 4.47. The monoisotopic (exact) mass is 329 g/mol. The Morgan fingerprint density at radius 3 is 2.75 bits per heavy atom. The van der Waals surface area contributed by atoms with E-state index >= 15 is 0 Å². The van der Waals surface area contributed by atoms with E-state index in [1.807, 2.05) is 49.2 Å². The summed E-state index contributed by atoms with van der Waals surface area (Å²) in [5.41, 5.74) is 1.25. The van der Waals surface area contributed by atoms with E-state index in [0.717, 1.165) is 31.4 Å². The van der Waals surface area contributed by atoms with Crippen LogP contribution in [0.4, 0.5) is 11.8 Å². The van der Waals surface area contributed by atoms with Crippen molar-refractivity contribution in [3.63, 3.8) is 0 Å². The molecule has 1 atom stereocenters. The molecule has 0 bridgehead atoms. The summed E-state index contributed by atoms with van der Waals surface area (Å²) in [7, 11) is 8.11. The minimum Gasteiger partial charge on any atom is -0.363 e. The Kier molecular flexibility index (Phi) is 4.99. The Morgan fingerprint density at radius 1 is 1.21 bits per heavy atom. The molecular formula is C17H27N7. The smallest absolute Gasteiger partial charge is 0.227 e. The molecule has 2 aromatic rings. The first-order chi connectivity index (χ1) is 11.5. The van der Waals surface area contributed by atoms with Gasteiger partial charge in [-0.15, -0.1) is 0 Å². The Balaban J connectivity index is 1.67. The fourth-order valence-electron chi connectivity index (χ4n) is 3.20. The zero-order chi connectivity index (χ0) is 17.1. The summed E-state index contributed by atoms with van der Waals surface area (Å²) in [6.45, 7) is 3.10. The molecule has 2 aromatic heterocycles. The number of aryl methyl sites for hydroxylation is 1. The molecule has 1 unspecified atom stereocenters. The van der Waals surface area contributed by atoms with Crippen molar-refractivity contribution in [2.45, 2.75) is 25.4 Å². The predicted octanol–water partition coefficient (Wildman–Crippen LogP) is 1.38. The second kappa shape index (κ2) is 7.17. The Morgan fingerprint density at radius 2 is 2.04 bits per heavy atom. The maximum atomic E-state index is 4.67. The van der Waals surface area contributed by atoms with Crippen LogP contribution in [-0.2, 0) is 13.6 Å². The number of anilines is 2. The SMILES string of the molecule is CN(C)c1ccnc(N(C)C2CCCN(Cc3ccnn3C)C2)n1. The zero-order valence-corrected chi connectivity index (χ0v) is 15.1. The van der Waals surface area contributed by atoms with Gasteiger partial charge in [-0.3, -0.25) is 9.58 Å². The normalized spacial score (nSPS) is 18.6. The van der Waals surface area contributed by atoms with Crippen LogP contribution in [0, 0.1) is 0 Å². The minimum atomic E-state index is 0.435. The van der Waals surface area contributed by atoms with E-state index in [1.54, 1.807) is 0 Å². The third kappa shape index (κ3) is 3.67. The number of rotatable bonds is 5. The molecule has 0 aromatic carbocycles. The fourth-order valence-corrected chi connectivity index (χ4v) is 3.20. The van der Waals surface area contributed by atoms with Gasteiger partial charge >= 0.3 is 0 Å². The van der Waals surface area contributed by atoms with Gasteiger partial charge in [-0.25, -0.2) is 4.98 Å². The summed E-state index contributed by atoms with van der Waals surface area (Å²) in [5, 5.41) is 4.26. The van der Waals surface area contributed by atoms with Crippen molar-refractivity contribution in [3.8, 4) is 0 Å². The van der Waals surface area contributed by atoms with Crippen LogP contribution in [0.3, 0.4) is 0 Å². The van der Waals surface area contributed by atoms with Crippen LogP contribution in [0.2, 0.25) is 0 Å². The highest BCUT2D eigenvalue weighted by atomic mass is 15.3. The van der Waals surface area contributed by atoms with Gasteiger partial charge < -0.3 is 9.80 Å². The minimum absolute atomic E-state index is 0.435. The van der Waals surface area contributed by atoms with Crippen molar-refractivity contribution in [1.82, 2.24) is 24.6 Å². The van der Waals surface area contributed by atoms with E-state index in [0.29, 0.717) is 6.04 Å². The average molecular weight is 329 g/mol. The van der Waals surface area contributed by atoms with Crippen molar-refractivity contribution in [2.24, 2.45) is 7.05 Å². The molecule has 24 heavy (non-hydrogen) atoms. The van der Waals surface area contributed by atoms with Gasteiger partial charge in [-0.1, -0.05) is 0 Å². The third-order valence-electron chi connectivity index (χ3n) is 4.74. The first-order valence-electron chi connectivity index (χ1n) is 8.47. The molecule has 7 nitrogen and oxygen atoms in total. The van der Waals surface area contributed by atoms with Gasteiger partial charge in [-0.2, -0.15) is 10.1 Å². The number of piperidine rings is 1. The van der Waals surface area contributed by atoms with Gasteiger partial charge in [0, 0.05) is 59.7 Å². The largest absolute Gasteiger partial charge is 0.363 e. The molecule has 1 saturated heterocycles. The summed E-state index contributed by atoms with van der Waals surface area (Å²) < 4.78 is 1.96. The molecule has 0 spiro atoms. The standard InChI is InChI=1S/C17H27N7/c1-21(2)16-8-9-18-17(20-16)22(3)14-6-5-11-24(12-14)13-15-7-10-19-23(15)4/h7-10,14H,5-6,11-13H2,1-4H3. The Bertz CT molecular complexity index is 666. The van der Waals surface area contributed by atoms with Crippen LogP contribution < -0.4 is 9.80 Å². The molecule has 3 rings (SSSR count). The number of likely N-dealkylation sites (N-methyl/N-ethyl adjacent to an activating group) is 1. The van der Waals surface area contributed by atoms with Crippen LogP contribution in [-0.4, -0.2) is 64.9 Å². The molecule has 130 valence electrons. The second-order valence-corrected chi connectivity index (χ2v) is 6.70. The number of aromatic nitrogens is 4. The van der Waals surface area contributed by atoms with Gasteiger partial charge in [-0.05, 0) is 31.5 Å². The molecule has 1 fully saturated rings. The topological polar surface area (TPSA) is 53.3 Å². The maximum Gasteiger partial charge on any atom is 0.227 e. The van der Waals surface area contributed by atoms with Crippen LogP contribution in [0.5, 0.6) is 0 Å². The molecule has 0 N–H and O–H groups in total. The van der Waals surface area contributed by atoms with Crippen LogP contribution in [0.1, 0.15) is 18.5 Å². The van der Waals surface area contributed by atoms with Crippen molar-refractivity contribution >= 4 is 11.8 Å². The summed E-state index contributed by atoms with van der Waals surface area (Å²) >= 11 is 0. The van der Waals surface area contributed by atoms with Crippen molar-refractivity contribution < 1.29 is 0 Å². The van der Waals surface area contributed by atoms with Crippen molar-refractivity contribution in [2.75, 3.05) is 44.0 Å². The van der Waals surface area contributed by atoms with E-state index < -0.39 is 0 Å². The molecule has 3 heterocycles. The molecule has 1 aliphatic heterocycles. The molecule has 1 aliphatic rings. The van der Waals surface area contributed by atoms with Gasteiger partial charge in [0.15, 0.2) is 0 Å². The second-order valence-electron chi connectivity index (χ2n) is 6.70. The molecule has 7 heteroatoms. The van der Waals surface area contributed by atoms with Gasteiger partial charge in [0.25, 0.3) is 0 Å². The van der Waals surface area contributed by atoms with E-state index in [-0.39, 0.29) is 0 Å². The molecule has 0 aliphatic carbocycles. The lowest BCUT2D eigenvalue weighted by Crippen LogP contribution is -2.47. The summed E-state index contributed by atoms with van der Waals surface area (Å²) in [4.78, 5) is 15.9. The summed E-state index contributed by atoms with van der Waals surface area (Å²) in [6.07, 6.45) is 6.07. The molecule has 0 radical (unpaired) electrons. The number of nitrogens with zero attached hydrogens (tertiary/aromatic N) is 7. The average Bonchev–Trinajstić information content (AvgIpc) is 2.99. The quantitative estimate of drug-likeness (QED) is 0.826. The first-order valence-corrected chi connectivity index (χ1v) is 8.47. The fraction of sp³-hybridized carbons (Fsp3) is 0.588. The number of hydrogen-bond donors (Lipinski definition) is 0. The van der Waals surface area contributed by atoms with Gasteiger partial charge in [0.2, 0.25) is 5.95 Å².